The van der Waals surface area contributed by atoms with Crippen LogP contribution in [-0.4, -0.2) is 18.0 Å². The van der Waals surface area contributed by atoms with Crippen molar-refractivity contribution in [2.75, 3.05) is 0 Å². The molecule has 2 nitrogen and oxygen atoms in total. The Labute approximate surface area is 108 Å². The summed E-state index contributed by atoms with van der Waals surface area (Å²) in [4.78, 5) is 12.2. The van der Waals surface area contributed by atoms with Crippen LogP contribution in [0, 0.1) is 0 Å². The lowest BCUT2D eigenvalue weighted by Crippen LogP contribution is -2.20. The zero-order valence-corrected chi connectivity index (χ0v) is 10.9. The molecular formula is C16H20O2. The molecule has 0 radical (unpaired) electrons. The van der Waals surface area contributed by atoms with Crippen molar-refractivity contribution in [3.05, 3.63) is 35.4 Å². The van der Waals surface area contributed by atoms with Crippen LogP contribution in [0.15, 0.2) is 24.3 Å². The number of hydrogen-bond acceptors (Lipinski definition) is 2. The molecule has 1 saturated heterocycles. The summed E-state index contributed by atoms with van der Waals surface area (Å²) >= 11 is 0. The van der Waals surface area contributed by atoms with E-state index in [4.69, 9.17) is 4.74 Å². The number of ketones is 1. The lowest BCUT2D eigenvalue weighted by atomic mass is 9.80. The lowest BCUT2D eigenvalue weighted by molar-refractivity contribution is 0.0433. The van der Waals surface area contributed by atoms with Crippen LogP contribution in [0.3, 0.4) is 0 Å². The van der Waals surface area contributed by atoms with Gasteiger partial charge in [-0.2, -0.15) is 0 Å². The van der Waals surface area contributed by atoms with Crippen LogP contribution in [0.5, 0.6) is 0 Å². The van der Waals surface area contributed by atoms with Crippen molar-refractivity contribution in [1.29, 1.82) is 0 Å². The van der Waals surface area contributed by atoms with Gasteiger partial charge in [0.1, 0.15) is 6.10 Å². The summed E-state index contributed by atoms with van der Waals surface area (Å²) in [6, 6.07) is 8.19. The van der Waals surface area contributed by atoms with Crippen LogP contribution >= 0.6 is 0 Å². The maximum Gasteiger partial charge on any atom is 0.191 e. The first-order chi connectivity index (χ1) is 8.74. The van der Waals surface area contributed by atoms with Gasteiger partial charge in [-0.25, -0.2) is 0 Å². The molecule has 1 aliphatic carbocycles. The zero-order chi connectivity index (χ0) is 12.5. The Kier molecular flexibility index (Phi) is 3.21. The number of Topliss-reactive ketones (excluding diaryl/α,β-unsaturated/α-hetero) is 1. The summed E-state index contributed by atoms with van der Waals surface area (Å²) in [5.41, 5.74) is 2.19. The summed E-state index contributed by atoms with van der Waals surface area (Å²) in [7, 11) is 0. The van der Waals surface area contributed by atoms with E-state index in [0.717, 1.165) is 24.3 Å². The average molecular weight is 244 g/mol. The molecule has 96 valence electrons. The highest BCUT2D eigenvalue weighted by atomic mass is 16.5. The van der Waals surface area contributed by atoms with Crippen molar-refractivity contribution in [1.82, 2.24) is 0 Å². The molecule has 0 amide bonds. The molecule has 2 fully saturated rings. The van der Waals surface area contributed by atoms with E-state index in [-0.39, 0.29) is 18.0 Å². The van der Waals surface area contributed by atoms with E-state index in [1.54, 1.807) is 0 Å². The second-order valence-electron chi connectivity index (χ2n) is 5.63. The Morgan fingerprint density at radius 3 is 2.33 bits per heavy atom. The molecule has 1 aromatic rings. The second kappa shape index (κ2) is 4.85. The normalized spacial score (nSPS) is 28.1. The highest BCUT2D eigenvalue weighted by Gasteiger charge is 2.29. The summed E-state index contributed by atoms with van der Waals surface area (Å²) < 4.78 is 5.64. The van der Waals surface area contributed by atoms with Crippen LogP contribution in [0.1, 0.15) is 60.9 Å². The van der Waals surface area contributed by atoms with E-state index in [2.05, 4.69) is 12.1 Å². The highest BCUT2D eigenvalue weighted by Crippen LogP contribution is 2.36. The summed E-state index contributed by atoms with van der Waals surface area (Å²) in [6.45, 7) is 2.03. The first kappa shape index (κ1) is 11.9. The van der Waals surface area contributed by atoms with E-state index >= 15 is 0 Å². The van der Waals surface area contributed by atoms with Gasteiger partial charge in [-0.15, -0.1) is 0 Å². The van der Waals surface area contributed by atoms with Crippen LogP contribution < -0.4 is 0 Å². The Morgan fingerprint density at radius 1 is 1.11 bits per heavy atom. The third-order valence-corrected chi connectivity index (χ3v) is 4.30. The molecule has 1 saturated carbocycles. The summed E-state index contributed by atoms with van der Waals surface area (Å²) in [6.07, 6.45) is 5.83. The summed E-state index contributed by atoms with van der Waals surface area (Å²) in [5, 5.41) is 0. The van der Waals surface area contributed by atoms with Crippen molar-refractivity contribution in [2.24, 2.45) is 0 Å². The molecule has 18 heavy (non-hydrogen) atoms. The minimum atomic E-state index is -0.213. The SMILES string of the molecule is CC1CCC(C(=O)c2ccc(C3CCC3)cc2)O1. The average Bonchev–Trinajstić information content (AvgIpc) is 2.74. The molecular weight excluding hydrogens is 224 g/mol. The van der Waals surface area contributed by atoms with Gasteiger partial charge in [-0.3, -0.25) is 4.79 Å². The molecule has 3 rings (SSSR count). The van der Waals surface area contributed by atoms with Crippen LogP contribution in [0.25, 0.3) is 0 Å². The van der Waals surface area contributed by atoms with Crippen molar-refractivity contribution in [3.63, 3.8) is 0 Å². The fourth-order valence-electron chi connectivity index (χ4n) is 2.84. The predicted octanol–water partition coefficient (Wildman–Crippen LogP) is 3.70. The van der Waals surface area contributed by atoms with E-state index < -0.39 is 0 Å². The fraction of sp³-hybridized carbons (Fsp3) is 0.562. The number of rotatable bonds is 3. The van der Waals surface area contributed by atoms with Gasteiger partial charge in [0.15, 0.2) is 5.78 Å². The first-order valence-electron chi connectivity index (χ1n) is 7.03. The maximum atomic E-state index is 12.2. The molecule has 2 heteroatoms. The zero-order valence-electron chi connectivity index (χ0n) is 10.9. The van der Waals surface area contributed by atoms with Gasteiger partial charge in [0.2, 0.25) is 0 Å². The molecule has 2 aliphatic rings. The number of carbonyl (C=O) groups is 1. The van der Waals surface area contributed by atoms with Crippen molar-refractivity contribution >= 4 is 5.78 Å². The Balaban J connectivity index is 1.70. The van der Waals surface area contributed by atoms with Crippen molar-refractivity contribution in [3.8, 4) is 0 Å². The van der Waals surface area contributed by atoms with Gasteiger partial charge in [0.25, 0.3) is 0 Å². The lowest BCUT2D eigenvalue weighted by Gasteiger charge is -2.25. The third-order valence-electron chi connectivity index (χ3n) is 4.30. The van der Waals surface area contributed by atoms with Crippen LogP contribution in [0.2, 0.25) is 0 Å². The molecule has 0 N–H and O–H groups in total. The van der Waals surface area contributed by atoms with E-state index in [9.17, 15) is 4.79 Å². The molecule has 2 atom stereocenters. The van der Waals surface area contributed by atoms with E-state index in [0.29, 0.717) is 0 Å². The minimum absolute atomic E-state index is 0.152. The molecule has 0 bridgehead atoms. The molecule has 0 spiro atoms. The molecule has 1 aliphatic heterocycles. The topological polar surface area (TPSA) is 26.3 Å². The van der Waals surface area contributed by atoms with Crippen molar-refractivity contribution in [2.45, 2.75) is 57.2 Å². The van der Waals surface area contributed by atoms with E-state index in [1.165, 1.54) is 24.8 Å². The standard InChI is InChI=1S/C16H20O2/c1-11-5-10-15(18-11)16(17)14-8-6-13(7-9-14)12-3-2-4-12/h6-9,11-12,15H,2-5,10H2,1H3. The largest absolute Gasteiger partial charge is 0.367 e. The van der Waals surface area contributed by atoms with Gasteiger partial charge in [-0.1, -0.05) is 30.7 Å². The maximum absolute atomic E-state index is 12.2. The van der Waals surface area contributed by atoms with Crippen LogP contribution in [-0.2, 0) is 4.74 Å². The van der Waals surface area contributed by atoms with Gasteiger partial charge < -0.3 is 4.74 Å². The number of ether oxygens (including phenoxy) is 1. The number of carbonyl (C=O) groups excluding carboxylic acids is 1. The Hall–Kier alpha value is -1.15. The molecule has 0 aromatic heterocycles. The molecule has 2 unspecified atom stereocenters. The monoisotopic (exact) mass is 244 g/mol. The van der Waals surface area contributed by atoms with E-state index in [1.807, 2.05) is 19.1 Å². The minimum Gasteiger partial charge on any atom is -0.367 e. The van der Waals surface area contributed by atoms with Gasteiger partial charge >= 0.3 is 0 Å². The second-order valence-corrected chi connectivity index (χ2v) is 5.63. The third kappa shape index (κ3) is 2.22. The highest BCUT2D eigenvalue weighted by molar-refractivity contribution is 5.99. The Bertz CT molecular complexity index is 431. The van der Waals surface area contributed by atoms with Crippen molar-refractivity contribution < 1.29 is 9.53 Å². The quantitative estimate of drug-likeness (QED) is 0.758. The van der Waals surface area contributed by atoms with Gasteiger partial charge in [0.05, 0.1) is 6.10 Å². The molecule has 1 heterocycles. The molecule has 1 aromatic carbocycles. The summed E-state index contributed by atoms with van der Waals surface area (Å²) in [5.74, 6) is 0.886. The smallest absolute Gasteiger partial charge is 0.191 e. The van der Waals surface area contributed by atoms with Gasteiger partial charge in [0, 0.05) is 5.56 Å². The predicted molar refractivity (Wildman–Crippen MR) is 70.9 cm³/mol. The first-order valence-corrected chi connectivity index (χ1v) is 7.03. The van der Waals surface area contributed by atoms with Gasteiger partial charge in [-0.05, 0) is 44.1 Å². The number of benzene rings is 1. The Morgan fingerprint density at radius 2 is 1.83 bits per heavy atom. The fourth-order valence-corrected chi connectivity index (χ4v) is 2.84. The number of hydrogen-bond donors (Lipinski definition) is 0. The van der Waals surface area contributed by atoms with Crippen LogP contribution in [0.4, 0.5) is 0 Å².